The molecule has 210 valence electrons. The van der Waals surface area contributed by atoms with E-state index in [4.69, 9.17) is 4.74 Å². The minimum absolute atomic E-state index is 0.0447. The summed E-state index contributed by atoms with van der Waals surface area (Å²) in [5.41, 5.74) is -4.19. The lowest BCUT2D eigenvalue weighted by Gasteiger charge is -2.62. The second-order valence-corrected chi connectivity index (χ2v) is 12.3. The average Bonchev–Trinajstić information content (AvgIpc) is 3.07. The van der Waals surface area contributed by atoms with Gasteiger partial charge in [0, 0.05) is 29.7 Å². The van der Waals surface area contributed by atoms with Crippen molar-refractivity contribution in [2.75, 3.05) is 13.2 Å². The van der Waals surface area contributed by atoms with Crippen molar-refractivity contribution in [3.05, 3.63) is 36.0 Å². The first-order valence-electron chi connectivity index (χ1n) is 13.9. The first-order valence-corrected chi connectivity index (χ1v) is 13.9. The van der Waals surface area contributed by atoms with Crippen molar-refractivity contribution in [1.82, 2.24) is 5.32 Å². The zero-order valence-corrected chi connectivity index (χ0v) is 23.0. The Bertz CT molecular complexity index is 1080. The molecular weight excluding hydrogens is 489 g/mol. The van der Waals surface area contributed by atoms with E-state index >= 15 is 4.39 Å². The van der Waals surface area contributed by atoms with Crippen LogP contribution in [-0.4, -0.2) is 58.4 Å². The molecule has 0 aliphatic heterocycles. The topological polar surface area (TPSA) is 113 Å². The SMILES string of the molecule is C=C1C=C[C@]2(C)C(=C1)CC[C@@H]1[C@H]3C[C@H](C)[C@@](O)(C(=O)COC(=O)CCC(=O)NCCC)[C@]3(C)C[C@@H](O)[C@]12F. The van der Waals surface area contributed by atoms with Gasteiger partial charge in [-0.1, -0.05) is 51.2 Å². The van der Waals surface area contributed by atoms with Gasteiger partial charge in [-0.25, -0.2) is 4.39 Å². The number of alkyl halides is 1. The van der Waals surface area contributed by atoms with Crippen molar-refractivity contribution in [2.24, 2.45) is 28.6 Å². The normalized spacial score (nSPS) is 41.4. The first-order chi connectivity index (χ1) is 17.8. The number of Topliss-reactive ketones (excluding diaryl/α,β-unsaturated/α-hetero) is 1. The van der Waals surface area contributed by atoms with E-state index in [1.165, 1.54) is 0 Å². The third-order valence-corrected chi connectivity index (χ3v) is 10.2. The number of rotatable bonds is 8. The van der Waals surface area contributed by atoms with Gasteiger partial charge in [-0.2, -0.15) is 0 Å². The maximum Gasteiger partial charge on any atom is 0.306 e. The Morgan fingerprint density at radius 2 is 1.95 bits per heavy atom. The number of nitrogens with one attached hydrogen (secondary N) is 1. The van der Waals surface area contributed by atoms with Crippen LogP contribution in [0.1, 0.15) is 72.6 Å². The summed E-state index contributed by atoms with van der Waals surface area (Å²) in [4.78, 5) is 37.5. The number of aliphatic hydroxyl groups excluding tert-OH is 1. The number of hydrogen-bond donors (Lipinski definition) is 3. The number of ether oxygens (including phenoxy) is 1. The highest BCUT2D eigenvalue weighted by atomic mass is 19.1. The van der Waals surface area contributed by atoms with Gasteiger partial charge in [0.2, 0.25) is 11.7 Å². The Morgan fingerprint density at radius 3 is 2.63 bits per heavy atom. The Labute approximate surface area is 224 Å². The zero-order valence-electron chi connectivity index (χ0n) is 23.0. The van der Waals surface area contributed by atoms with E-state index in [0.29, 0.717) is 25.8 Å². The summed E-state index contributed by atoms with van der Waals surface area (Å²) in [6.07, 6.45) is 6.20. The molecule has 0 aromatic carbocycles. The standard InChI is InChI=1S/C30H42FNO6/c1-6-13-32-25(35)9-10-26(36)38-17-24(34)30(37)19(3)15-22-21-8-7-20-14-18(2)11-12-27(20,4)29(21,31)23(33)16-28(22,30)5/h11-12,14,19,21-23,33,37H,2,6-10,13,15-17H2,1,3-5H3,(H,32,35)/t19-,21+,22+,23+,27+,28+,29+,30+/m0/s1. The monoisotopic (exact) mass is 531 g/mol. The second kappa shape index (κ2) is 10.0. The van der Waals surface area contributed by atoms with Crippen LogP contribution < -0.4 is 5.32 Å². The molecule has 0 aromatic heterocycles. The molecule has 0 aromatic rings. The largest absolute Gasteiger partial charge is 0.458 e. The van der Waals surface area contributed by atoms with Crippen molar-refractivity contribution in [1.29, 1.82) is 0 Å². The van der Waals surface area contributed by atoms with Crippen LogP contribution in [-0.2, 0) is 19.1 Å². The molecule has 0 unspecified atom stereocenters. The smallest absolute Gasteiger partial charge is 0.306 e. The maximum absolute atomic E-state index is 17.3. The number of ketones is 1. The lowest BCUT2D eigenvalue weighted by Crippen LogP contribution is -2.69. The van der Waals surface area contributed by atoms with Crippen LogP contribution in [0.3, 0.4) is 0 Å². The van der Waals surface area contributed by atoms with Crippen LogP contribution in [0.4, 0.5) is 4.39 Å². The predicted octanol–water partition coefficient (Wildman–Crippen LogP) is 3.74. The highest BCUT2D eigenvalue weighted by molar-refractivity contribution is 5.91. The fourth-order valence-electron chi connectivity index (χ4n) is 8.11. The molecule has 0 heterocycles. The van der Waals surface area contributed by atoms with Gasteiger partial charge in [0.05, 0.1) is 12.5 Å². The number of fused-ring (bicyclic) bond motifs is 5. The number of esters is 1. The fourth-order valence-corrected chi connectivity index (χ4v) is 8.11. The number of carbonyl (C=O) groups excluding carboxylic acids is 3. The Hall–Kier alpha value is -2.32. The van der Waals surface area contributed by atoms with Crippen LogP contribution in [0, 0.1) is 28.6 Å². The van der Waals surface area contributed by atoms with Gasteiger partial charge in [0.25, 0.3) is 0 Å². The van der Waals surface area contributed by atoms with Gasteiger partial charge in [-0.15, -0.1) is 0 Å². The molecule has 4 aliphatic rings. The van der Waals surface area contributed by atoms with Crippen LogP contribution in [0.15, 0.2) is 36.0 Å². The lowest BCUT2D eigenvalue weighted by molar-refractivity contribution is -0.219. The van der Waals surface area contributed by atoms with E-state index in [2.05, 4.69) is 11.9 Å². The number of amides is 1. The van der Waals surface area contributed by atoms with Crippen LogP contribution >= 0.6 is 0 Å². The van der Waals surface area contributed by atoms with Gasteiger partial charge in [-0.3, -0.25) is 14.4 Å². The van der Waals surface area contributed by atoms with E-state index in [1.807, 2.05) is 26.0 Å². The fraction of sp³-hybridized carbons (Fsp3) is 0.700. The van der Waals surface area contributed by atoms with Crippen LogP contribution in [0.5, 0.6) is 0 Å². The molecule has 1 amide bonds. The molecule has 7 nitrogen and oxygen atoms in total. The Morgan fingerprint density at radius 1 is 1.24 bits per heavy atom. The van der Waals surface area contributed by atoms with Crippen LogP contribution in [0.2, 0.25) is 0 Å². The molecule has 3 saturated carbocycles. The van der Waals surface area contributed by atoms with E-state index in [0.717, 1.165) is 17.6 Å². The molecule has 3 N–H and O–H groups in total. The third kappa shape index (κ3) is 4.10. The van der Waals surface area contributed by atoms with E-state index < -0.39 is 58.4 Å². The second-order valence-electron chi connectivity index (χ2n) is 12.3. The van der Waals surface area contributed by atoms with E-state index in [9.17, 15) is 24.6 Å². The summed E-state index contributed by atoms with van der Waals surface area (Å²) in [6.45, 7) is 11.2. The third-order valence-electron chi connectivity index (χ3n) is 10.2. The molecule has 3 fully saturated rings. The summed E-state index contributed by atoms with van der Waals surface area (Å²) in [5, 5.41) is 26.1. The molecule has 8 atom stereocenters. The molecule has 0 spiro atoms. The zero-order chi connectivity index (χ0) is 28.1. The van der Waals surface area contributed by atoms with Crippen molar-refractivity contribution in [3.63, 3.8) is 0 Å². The molecule has 4 aliphatic carbocycles. The predicted molar refractivity (Wildman–Crippen MR) is 140 cm³/mol. The molecule has 8 heteroatoms. The highest BCUT2D eigenvalue weighted by Gasteiger charge is 2.75. The lowest BCUT2D eigenvalue weighted by atomic mass is 9.44. The summed E-state index contributed by atoms with van der Waals surface area (Å²) in [5.74, 6) is -3.01. The van der Waals surface area contributed by atoms with Crippen molar-refractivity contribution in [2.45, 2.75) is 90.0 Å². The van der Waals surface area contributed by atoms with Gasteiger partial charge < -0.3 is 20.3 Å². The van der Waals surface area contributed by atoms with Crippen molar-refractivity contribution < 1.29 is 33.7 Å². The molecular formula is C30H42FNO6. The Kier molecular flexibility index (Phi) is 7.56. The van der Waals surface area contributed by atoms with Gasteiger partial charge in [-0.05, 0) is 56.4 Å². The average molecular weight is 532 g/mol. The minimum Gasteiger partial charge on any atom is -0.458 e. The molecule has 4 rings (SSSR count). The first kappa shape index (κ1) is 28.7. The van der Waals surface area contributed by atoms with Crippen LogP contribution in [0.25, 0.3) is 0 Å². The van der Waals surface area contributed by atoms with Gasteiger partial charge >= 0.3 is 5.97 Å². The number of allylic oxidation sites excluding steroid dienone is 5. The van der Waals surface area contributed by atoms with E-state index in [1.54, 1.807) is 19.9 Å². The summed E-state index contributed by atoms with van der Waals surface area (Å²) < 4.78 is 22.5. The molecule has 0 bridgehead atoms. The minimum atomic E-state index is -1.95. The quantitative estimate of drug-likeness (QED) is 0.412. The molecule has 0 radical (unpaired) electrons. The summed E-state index contributed by atoms with van der Waals surface area (Å²) in [6, 6.07) is 0. The molecule has 38 heavy (non-hydrogen) atoms. The maximum atomic E-state index is 17.3. The highest BCUT2D eigenvalue weighted by Crippen LogP contribution is 2.70. The van der Waals surface area contributed by atoms with Crippen molar-refractivity contribution in [3.8, 4) is 0 Å². The summed E-state index contributed by atoms with van der Waals surface area (Å²) in [7, 11) is 0. The van der Waals surface area contributed by atoms with E-state index in [-0.39, 0.29) is 31.1 Å². The number of halogens is 1. The van der Waals surface area contributed by atoms with Gasteiger partial charge in [0.1, 0.15) is 5.60 Å². The van der Waals surface area contributed by atoms with Crippen molar-refractivity contribution >= 4 is 17.7 Å². The van der Waals surface area contributed by atoms with Gasteiger partial charge in [0.15, 0.2) is 12.3 Å². The molecule has 0 saturated heterocycles. The number of aliphatic hydroxyl groups is 2. The number of hydrogen-bond acceptors (Lipinski definition) is 6. The Balaban J connectivity index is 1.52. The number of carbonyl (C=O) groups is 3. The summed E-state index contributed by atoms with van der Waals surface area (Å²) >= 11 is 0.